The van der Waals surface area contributed by atoms with E-state index < -0.39 is 11.7 Å². The second-order valence-electron chi connectivity index (χ2n) is 5.72. The molecule has 2 aliphatic rings. The van der Waals surface area contributed by atoms with Crippen LogP contribution in [-0.2, 0) is 11.2 Å². The van der Waals surface area contributed by atoms with Gasteiger partial charge in [0.2, 0.25) is 0 Å². The maximum Gasteiger partial charge on any atom is 0.300 e. The zero-order valence-corrected chi connectivity index (χ0v) is 12.2. The number of amides is 1. The van der Waals surface area contributed by atoms with Gasteiger partial charge >= 0.3 is 5.91 Å². The molecule has 0 saturated carbocycles. The number of carbonyl (C=O) groups excluding carboxylic acids is 2. The lowest BCUT2D eigenvalue weighted by Crippen LogP contribution is -2.43. The van der Waals surface area contributed by atoms with Gasteiger partial charge in [-0.05, 0) is 36.6 Å². The summed E-state index contributed by atoms with van der Waals surface area (Å²) in [5.41, 5.74) is 3.71. The minimum absolute atomic E-state index is 0.402. The van der Waals surface area contributed by atoms with E-state index in [1.807, 2.05) is 24.3 Å². The number of Topliss-reactive ketones (excluding diaryl/α,β-unsaturated/α-hetero) is 1. The molecule has 0 saturated heterocycles. The maximum atomic E-state index is 12.3. The van der Waals surface area contributed by atoms with Crippen LogP contribution in [-0.4, -0.2) is 24.9 Å². The van der Waals surface area contributed by atoms with Gasteiger partial charge in [-0.15, -0.1) is 0 Å². The first-order valence-electron chi connectivity index (χ1n) is 7.54. The Bertz CT molecular complexity index is 769. The minimum Gasteiger partial charge on any atom is -0.353 e. The fourth-order valence-electron chi connectivity index (χ4n) is 3.32. The van der Waals surface area contributed by atoms with Crippen LogP contribution in [0, 0.1) is 0 Å². The van der Waals surface area contributed by atoms with Crippen molar-refractivity contribution >= 4 is 23.1 Å². The molecule has 0 atom stereocenters. The van der Waals surface area contributed by atoms with Crippen molar-refractivity contribution in [2.24, 2.45) is 0 Å². The topological polar surface area (TPSA) is 40.6 Å². The minimum atomic E-state index is -0.427. The van der Waals surface area contributed by atoms with Crippen molar-refractivity contribution < 1.29 is 9.59 Å². The zero-order valence-electron chi connectivity index (χ0n) is 12.2. The molecule has 4 nitrogen and oxygen atoms in total. The molecule has 2 aliphatic heterocycles. The average molecular weight is 292 g/mol. The molecule has 0 aliphatic carbocycles. The lowest BCUT2D eigenvalue weighted by Gasteiger charge is -2.34. The Labute approximate surface area is 129 Å². The first kappa shape index (κ1) is 13.1. The van der Waals surface area contributed by atoms with Crippen molar-refractivity contribution in [1.82, 2.24) is 0 Å². The smallest absolute Gasteiger partial charge is 0.300 e. The Hall–Kier alpha value is -2.62. The normalized spacial score (nSPS) is 16.7. The van der Waals surface area contributed by atoms with Crippen LogP contribution in [0.3, 0.4) is 0 Å². The highest BCUT2D eigenvalue weighted by Gasteiger charge is 2.36. The molecule has 4 heteroatoms. The number of ketones is 1. The summed E-state index contributed by atoms with van der Waals surface area (Å²) in [4.78, 5) is 28.2. The van der Waals surface area contributed by atoms with Gasteiger partial charge in [0, 0.05) is 12.2 Å². The first-order valence-corrected chi connectivity index (χ1v) is 7.54. The molecule has 0 bridgehead atoms. The van der Waals surface area contributed by atoms with Crippen molar-refractivity contribution in [2.45, 2.75) is 12.8 Å². The van der Waals surface area contributed by atoms with E-state index in [1.54, 1.807) is 17.0 Å². The van der Waals surface area contributed by atoms with Crippen LogP contribution < -0.4 is 9.80 Å². The van der Waals surface area contributed by atoms with E-state index in [0.717, 1.165) is 25.1 Å². The summed E-state index contributed by atoms with van der Waals surface area (Å²) in [7, 11) is 0. The molecule has 0 radical (unpaired) electrons. The molecular weight excluding hydrogens is 276 g/mol. The Kier molecular flexibility index (Phi) is 2.96. The van der Waals surface area contributed by atoms with E-state index in [1.165, 1.54) is 11.3 Å². The highest BCUT2D eigenvalue weighted by atomic mass is 16.2. The molecule has 22 heavy (non-hydrogen) atoms. The number of para-hydroxylation sites is 2. The van der Waals surface area contributed by atoms with Crippen molar-refractivity contribution in [2.75, 3.05) is 23.0 Å². The summed E-state index contributed by atoms with van der Waals surface area (Å²) in [6, 6.07) is 15.5. The number of hydrogen-bond donors (Lipinski definition) is 0. The molecule has 2 aromatic rings. The standard InChI is InChI=1S/C18H16N2O2/c21-17-14-8-2-4-10-16(14)20(18(17)22)12-19-11-5-7-13-6-1-3-9-15(13)19/h1-4,6,8-10H,5,7,11-12H2. The second kappa shape index (κ2) is 4.98. The summed E-state index contributed by atoms with van der Waals surface area (Å²) in [5, 5.41) is 0. The van der Waals surface area contributed by atoms with Gasteiger partial charge in [-0.25, -0.2) is 0 Å². The third-order valence-corrected chi connectivity index (χ3v) is 4.40. The Morgan fingerprint density at radius 1 is 0.909 bits per heavy atom. The number of fused-ring (bicyclic) bond motifs is 2. The summed E-state index contributed by atoms with van der Waals surface area (Å²) in [5.74, 6) is -0.829. The quantitative estimate of drug-likeness (QED) is 0.799. The molecule has 0 spiro atoms. The van der Waals surface area contributed by atoms with Gasteiger partial charge in [0.15, 0.2) is 0 Å². The van der Waals surface area contributed by atoms with Gasteiger partial charge in [-0.1, -0.05) is 30.3 Å². The third-order valence-electron chi connectivity index (χ3n) is 4.40. The Balaban J connectivity index is 1.68. The van der Waals surface area contributed by atoms with Crippen molar-refractivity contribution in [3.63, 3.8) is 0 Å². The van der Waals surface area contributed by atoms with E-state index in [0.29, 0.717) is 12.2 Å². The summed E-state index contributed by atoms with van der Waals surface area (Å²) in [6.07, 6.45) is 2.13. The third kappa shape index (κ3) is 1.91. The van der Waals surface area contributed by atoms with Crippen LogP contribution in [0.25, 0.3) is 0 Å². The SMILES string of the molecule is O=C1C(=O)N(CN2CCCc3ccccc32)c2ccccc21. The molecular formula is C18H16N2O2. The molecule has 0 fully saturated rings. The van der Waals surface area contributed by atoms with Crippen LogP contribution >= 0.6 is 0 Å². The Morgan fingerprint density at radius 3 is 2.50 bits per heavy atom. The van der Waals surface area contributed by atoms with Gasteiger partial charge < -0.3 is 4.90 Å². The predicted octanol–water partition coefficient (Wildman–Crippen LogP) is 2.63. The number of aryl methyl sites for hydroxylation is 1. The van der Waals surface area contributed by atoms with E-state index in [2.05, 4.69) is 17.0 Å². The van der Waals surface area contributed by atoms with Crippen molar-refractivity contribution in [3.8, 4) is 0 Å². The lowest BCUT2D eigenvalue weighted by atomic mass is 10.0. The van der Waals surface area contributed by atoms with Crippen molar-refractivity contribution in [3.05, 3.63) is 59.7 Å². The monoisotopic (exact) mass is 292 g/mol. The number of hydrogen-bond acceptors (Lipinski definition) is 3. The van der Waals surface area contributed by atoms with Gasteiger partial charge in [0.1, 0.15) is 0 Å². The number of carbonyl (C=O) groups is 2. The molecule has 0 N–H and O–H groups in total. The summed E-state index contributed by atoms with van der Waals surface area (Å²) < 4.78 is 0. The van der Waals surface area contributed by atoms with Crippen LogP contribution in [0.15, 0.2) is 48.5 Å². The lowest BCUT2D eigenvalue weighted by molar-refractivity contribution is -0.114. The molecule has 0 aromatic heterocycles. The van der Waals surface area contributed by atoms with Gasteiger partial charge in [-0.2, -0.15) is 0 Å². The van der Waals surface area contributed by atoms with E-state index in [4.69, 9.17) is 0 Å². The van der Waals surface area contributed by atoms with E-state index in [-0.39, 0.29) is 0 Å². The van der Waals surface area contributed by atoms with Gasteiger partial charge in [0.25, 0.3) is 5.78 Å². The molecule has 4 rings (SSSR count). The van der Waals surface area contributed by atoms with E-state index in [9.17, 15) is 9.59 Å². The largest absolute Gasteiger partial charge is 0.353 e. The summed E-state index contributed by atoms with van der Waals surface area (Å²) >= 11 is 0. The maximum absolute atomic E-state index is 12.3. The van der Waals surface area contributed by atoms with Gasteiger partial charge in [-0.3, -0.25) is 14.5 Å². The molecule has 110 valence electrons. The highest BCUT2D eigenvalue weighted by molar-refractivity contribution is 6.52. The van der Waals surface area contributed by atoms with E-state index >= 15 is 0 Å². The Morgan fingerprint density at radius 2 is 1.64 bits per heavy atom. The second-order valence-corrected chi connectivity index (χ2v) is 5.72. The fraction of sp³-hybridized carbons (Fsp3) is 0.222. The highest BCUT2D eigenvalue weighted by Crippen LogP contribution is 2.32. The number of anilines is 2. The molecule has 1 amide bonds. The number of benzene rings is 2. The zero-order chi connectivity index (χ0) is 15.1. The average Bonchev–Trinajstić information content (AvgIpc) is 2.81. The number of nitrogens with zero attached hydrogens (tertiary/aromatic N) is 2. The van der Waals surface area contributed by atoms with Gasteiger partial charge in [0.05, 0.1) is 17.9 Å². The van der Waals surface area contributed by atoms with Crippen LogP contribution in [0.4, 0.5) is 11.4 Å². The molecule has 0 unspecified atom stereocenters. The van der Waals surface area contributed by atoms with Crippen LogP contribution in [0.1, 0.15) is 22.3 Å². The van der Waals surface area contributed by atoms with Crippen LogP contribution in [0.2, 0.25) is 0 Å². The molecule has 2 aromatic carbocycles. The van der Waals surface area contributed by atoms with Crippen molar-refractivity contribution in [1.29, 1.82) is 0 Å². The first-order chi connectivity index (χ1) is 10.8. The fourth-order valence-corrected chi connectivity index (χ4v) is 3.32. The van der Waals surface area contributed by atoms with Crippen LogP contribution in [0.5, 0.6) is 0 Å². The molecule has 2 heterocycles. The predicted molar refractivity (Wildman–Crippen MR) is 85.2 cm³/mol. The number of rotatable bonds is 2. The summed E-state index contributed by atoms with van der Waals surface area (Å²) in [6.45, 7) is 1.33.